The van der Waals surface area contributed by atoms with E-state index < -0.39 is 0 Å². The molecule has 0 radical (unpaired) electrons. The van der Waals surface area contributed by atoms with Crippen molar-refractivity contribution >= 4 is 5.97 Å². The van der Waals surface area contributed by atoms with Crippen LogP contribution >= 0.6 is 0 Å². The van der Waals surface area contributed by atoms with Crippen LogP contribution in [0.4, 0.5) is 0 Å². The molecule has 1 aliphatic rings. The third-order valence-corrected chi connectivity index (χ3v) is 3.08. The highest BCUT2D eigenvalue weighted by atomic mass is 16.5. The van der Waals surface area contributed by atoms with Gasteiger partial charge in [0.2, 0.25) is 0 Å². The second kappa shape index (κ2) is 8.48. The van der Waals surface area contributed by atoms with Crippen LogP contribution in [-0.2, 0) is 9.53 Å². The molecule has 0 spiro atoms. The Morgan fingerprint density at radius 3 is 2.76 bits per heavy atom. The number of carbonyl (C=O) groups excluding carboxylic acids is 1. The van der Waals surface area contributed by atoms with Crippen molar-refractivity contribution in [1.82, 2.24) is 10.2 Å². The molecule has 100 valence electrons. The largest absolute Gasteiger partial charge is 0.465 e. The van der Waals surface area contributed by atoms with E-state index in [2.05, 4.69) is 24.1 Å². The number of hydrogen-bond acceptors (Lipinski definition) is 4. The van der Waals surface area contributed by atoms with Crippen molar-refractivity contribution in [3.63, 3.8) is 0 Å². The molecular weight excluding hydrogens is 216 g/mol. The van der Waals surface area contributed by atoms with Crippen LogP contribution in [0.2, 0.25) is 0 Å². The third kappa shape index (κ3) is 6.64. The molecular formula is C13H26N2O2. The predicted molar refractivity (Wildman–Crippen MR) is 69.0 cm³/mol. The van der Waals surface area contributed by atoms with E-state index in [0.29, 0.717) is 13.2 Å². The summed E-state index contributed by atoms with van der Waals surface area (Å²) in [4.78, 5) is 13.7. The lowest BCUT2D eigenvalue weighted by atomic mass is 10.4. The van der Waals surface area contributed by atoms with E-state index in [4.69, 9.17) is 4.74 Å². The Bertz CT molecular complexity index is 217. The summed E-state index contributed by atoms with van der Waals surface area (Å²) in [6.07, 6.45) is 4.70. The lowest BCUT2D eigenvalue weighted by Crippen LogP contribution is -2.35. The quantitative estimate of drug-likeness (QED) is 0.464. The molecule has 0 saturated heterocycles. The first kappa shape index (κ1) is 14.5. The zero-order valence-electron chi connectivity index (χ0n) is 11.2. The summed E-state index contributed by atoms with van der Waals surface area (Å²) in [5.74, 6) is -0.132. The molecule has 1 saturated carbocycles. The average Bonchev–Trinajstić information content (AvgIpc) is 3.14. The smallest absolute Gasteiger partial charge is 0.319 e. The molecule has 0 aromatic carbocycles. The third-order valence-electron chi connectivity index (χ3n) is 3.08. The van der Waals surface area contributed by atoms with Crippen LogP contribution in [0, 0.1) is 0 Å². The first-order valence-electron chi connectivity index (χ1n) is 6.88. The van der Waals surface area contributed by atoms with Gasteiger partial charge < -0.3 is 10.1 Å². The minimum Gasteiger partial charge on any atom is -0.465 e. The highest BCUT2D eigenvalue weighted by molar-refractivity contribution is 5.71. The van der Waals surface area contributed by atoms with Crippen molar-refractivity contribution in [2.75, 3.05) is 32.8 Å². The summed E-state index contributed by atoms with van der Waals surface area (Å²) < 4.78 is 5.06. The van der Waals surface area contributed by atoms with E-state index >= 15 is 0 Å². The summed E-state index contributed by atoms with van der Waals surface area (Å²) in [5.41, 5.74) is 0. The SMILES string of the molecule is CCCCOC(=O)CNCCN(CC)C1CC1. The van der Waals surface area contributed by atoms with Gasteiger partial charge in [-0.15, -0.1) is 0 Å². The maximum atomic E-state index is 11.3. The molecule has 0 heterocycles. The van der Waals surface area contributed by atoms with Gasteiger partial charge in [-0.1, -0.05) is 20.3 Å². The monoisotopic (exact) mass is 242 g/mol. The van der Waals surface area contributed by atoms with Crippen molar-refractivity contribution < 1.29 is 9.53 Å². The van der Waals surface area contributed by atoms with Gasteiger partial charge in [-0.3, -0.25) is 9.69 Å². The van der Waals surface area contributed by atoms with Crippen molar-refractivity contribution in [1.29, 1.82) is 0 Å². The second-order valence-corrected chi connectivity index (χ2v) is 4.61. The number of rotatable bonds is 10. The summed E-state index contributed by atoms with van der Waals surface area (Å²) >= 11 is 0. The molecule has 1 aliphatic carbocycles. The van der Waals surface area contributed by atoms with Crippen molar-refractivity contribution in [2.45, 2.75) is 45.6 Å². The molecule has 1 fully saturated rings. The second-order valence-electron chi connectivity index (χ2n) is 4.61. The van der Waals surface area contributed by atoms with Crippen LogP contribution in [0.3, 0.4) is 0 Å². The van der Waals surface area contributed by atoms with Gasteiger partial charge in [-0.05, 0) is 25.8 Å². The Hall–Kier alpha value is -0.610. The van der Waals surface area contributed by atoms with E-state index in [0.717, 1.165) is 38.5 Å². The van der Waals surface area contributed by atoms with Crippen LogP contribution < -0.4 is 5.32 Å². The van der Waals surface area contributed by atoms with Gasteiger partial charge in [0.1, 0.15) is 0 Å². The van der Waals surface area contributed by atoms with Gasteiger partial charge in [-0.2, -0.15) is 0 Å². The molecule has 0 aromatic rings. The van der Waals surface area contributed by atoms with E-state index in [-0.39, 0.29) is 5.97 Å². The summed E-state index contributed by atoms with van der Waals surface area (Å²) in [6.45, 7) is 8.18. The number of likely N-dealkylation sites (N-methyl/N-ethyl adjacent to an activating group) is 1. The van der Waals surface area contributed by atoms with Crippen molar-refractivity contribution in [3.05, 3.63) is 0 Å². The van der Waals surface area contributed by atoms with E-state index in [9.17, 15) is 4.79 Å². The highest BCUT2D eigenvalue weighted by Crippen LogP contribution is 2.25. The van der Waals surface area contributed by atoms with Crippen molar-refractivity contribution in [3.8, 4) is 0 Å². The standard InChI is InChI=1S/C13H26N2O2/c1-3-5-10-17-13(16)11-14-8-9-15(4-2)12-6-7-12/h12,14H,3-11H2,1-2H3. The molecule has 1 N–H and O–H groups in total. The van der Waals surface area contributed by atoms with Crippen LogP contribution in [0.15, 0.2) is 0 Å². The Morgan fingerprint density at radius 2 is 2.18 bits per heavy atom. The molecule has 4 nitrogen and oxygen atoms in total. The maximum absolute atomic E-state index is 11.3. The van der Waals surface area contributed by atoms with Gasteiger partial charge in [0.25, 0.3) is 0 Å². The van der Waals surface area contributed by atoms with E-state index in [1.807, 2.05) is 0 Å². The Balaban J connectivity index is 1.93. The molecule has 17 heavy (non-hydrogen) atoms. The average molecular weight is 242 g/mol. The predicted octanol–water partition coefficient (Wildman–Crippen LogP) is 1.40. The molecule has 0 amide bonds. The van der Waals surface area contributed by atoms with Crippen LogP contribution in [0.1, 0.15) is 39.5 Å². The van der Waals surface area contributed by atoms with E-state index in [1.165, 1.54) is 12.8 Å². The van der Waals surface area contributed by atoms with Crippen LogP contribution in [0.25, 0.3) is 0 Å². The molecule has 0 bridgehead atoms. The number of hydrogen-bond donors (Lipinski definition) is 1. The first-order valence-corrected chi connectivity index (χ1v) is 6.88. The number of nitrogens with one attached hydrogen (secondary N) is 1. The number of nitrogens with zero attached hydrogens (tertiary/aromatic N) is 1. The van der Waals surface area contributed by atoms with Gasteiger partial charge in [0.05, 0.1) is 13.2 Å². The minimum atomic E-state index is -0.132. The molecule has 0 atom stereocenters. The lowest BCUT2D eigenvalue weighted by Gasteiger charge is -2.19. The fraction of sp³-hybridized carbons (Fsp3) is 0.923. The van der Waals surface area contributed by atoms with E-state index in [1.54, 1.807) is 0 Å². The molecule has 0 aromatic heterocycles. The number of unbranched alkanes of at least 4 members (excludes halogenated alkanes) is 1. The fourth-order valence-corrected chi connectivity index (χ4v) is 1.83. The summed E-state index contributed by atoms with van der Waals surface area (Å²) in [5, 5.41) is 3.14. The fourth-order valence-electron chi connectivity index (χ4n) is 1.83. The molecule has 4 heteroatoms. The topological polar surface area (TPSA) is 41.6 Å². The number of ether oxygens (including phenoxy) is 1. The van der Waals surface area contributed by atoms with Crippen LogP contribution in [-0.4, -0.2) is 49.7 Å². The minimum absolute atomic E-state index is 0.132. The Morgan fingerprint density at radius 1 is 1.41 bits per heavy atom. The Labute approximate surface area is 105 Å². The highest BCUT2D eigenvalue weighted by Gasteiger charge is 2.26. The summed E-state index contributed by atoms with van der Waals surface area (Å²) in [6, 6.07) is 0.804. The first-order chi connectivity index (χ1) is 8.27. The molecule has 0 aliphatic heterocycles. The van der Waals surface area contributed by atoms with Gasteiger partial charge in [0.15, 0.2) is 0 Å². The summed E-state index contributed by atoms with van der Waals surface area (Å²) in [7, 11) is 0. The molecule has 1 rings (SSSR count). The van der Waals surface area contributed by atoms with Crippen LogP contribution in [0.5, 0.6) is 0 Å². The molecule has 0 unspecified atom stereocenters. The van der Waals surface area contributed by atoms with Gasteiger partial charge in [0, 0.05) is 19.1 Å². The van der Waals surface area contributed by atoms with Gasteiger partial charge in [-0.25, -0.2) is 0 Å². The zero-order chi connectivity index (χ0) is 12.5. The lowest BCUT2D eigenvalue weighted by molar-refractivity contribution is -0.142. The zero-order valence-corrected chi connectivity index (χ0v) is 11.2. The Kier molecular flexibility index (Phi) is 7.21. The van der Waals surface area contributed by atoms with Gasteiger partial charge >= 0.3 is 5.97 Å². The maximum Gasteiger partial charge on any atom is 0.319 e. The number of carbonyl (C=O) groups is 1. The van der Waals surface area contributed by atoms with Crippen molar-refractivity contribution in [2.24, 2.45) is 0 Å². The normalized spacial score (nSPS) is 15.2. The number of esters is 1.